The number of rotatable bonds is 1. The Morgan fingerprint density at radius 2 is 2.00 bits per heavy atom. The summed E-state index contributed by atoms with van der Waals surface area (Å²) in [7, 11) is 0. The Morgan fingerprint density at radius 1 is 1.31 bits per heavy atom. The first-order valence-corrected chi connectivity index (χ1v) is 4.94. The third-order valence-electron chi connectivity index (χ3n) is 2.70. The van der Waals surface area contributed by atoms with Crippen molar-refractivity contribution in [2.75, 3.05) is 0 Å². The van der Waals surface area contributed by atoms with Crippen LogP contribution in [0, 0.1) is 0 Å². The first kappa shape index (κ1) is 11.0. The summed E-state index contributed by atoms with van der Waals surface area (Å²) in [6.45, 7) is 0. The van der Waals surface area contributed by atoms with Gasteiger partial charge in [0, 0.05) is 0 Å². The van der Waals surface area contributed by atoms with Crippen LogP contribution in [0.4, 0.5) is 13.2 Å². The first-order chi connectivity index (χ1) is 7.48. The highest BCUT2D eigenvalue weighted by atomic mass is 19.4. The average molecular weight is 229 g/mol. The molecule has 1 aromatic rings. The molecule has 1 aromatic carbocycles. The third-order valence-corrected chi connectivity index (χ3v) is 2.70. The Morgan fingerprint density at radius 3 is 2.69 bits per heavy atom. The van der Waals surface area contributed by atoms with Crippen molar-refractivity contribution in [3.05, 3.63) is 35.4 Å². The maximum Gasteiger partial charge on any atom is 0.471 e. The van der Waals surface area contributed by atoms with E-state index in [1.165, 1.54) is 0 Å². The lowest BCUT2D eigenvalue weighted by Crippen LogP contribution is -2.38. The number of alkyl halides is 3. The van der Waals surface area contributed by atoms with Gasteiger partial charge in [0.15, 0.2) is 0 Å². The van der Waals surface area contributed by atoms with Crippen molar-refractivity contribution < 1.29 is 18.0 Å². The summed E-state index contributed by atoms with van der Waals surface area (Å²) >= 11 is 0. The number of halogens is 3. The van der Waals surface area contributed by atoms with Crippen LogP contribution in [-0.4, -0.2) is 12.1 Å². The number of hydrogen-bond acceptors (Lipinski definition) is 1. The largest absolute Gasteiger partial charge is 0.471 e. The first-order valence-electron chi connectivity index (χ1n) is 4.94. The highest BCUT2D eigenvalue weighted by Crippen LogP contribution is 2.31. The molecule has 1 aliphatic rings. The van der Waals surface area contributed by atoms with Crippen molar-refractivity contribution in [3.63, 3.8) is 0 Å². The molecule has 0 aromatic heterocycles. The number of carbonyl (C=O) groups is 1. The molecule has 0 saturated heterocycles. The van der Waals surface area contributed by atoms with Crippen molar-refractivity contribution in [3.8, 4) is 0 Å². The summed E-state index contributed by atoms with van der Waals surface area (Å²) in [4.78, 5) is 10.8. The van der Waals surface area contributed by atoms with E-state index < -0.39 is 18.1 Å². The molecule has 1 N–H and O–H groups in total. The second-order valence-electron chi connectivity index (χ2n) is 3.76. The molecule has 0 saturated carbocycles. The molecule has 0 radical (unpaired) electrons. The molecule has 1 atom stereocenters. The normalized spacial score (nSPS) is 19.3. The van der Waals surface area contributed by atoms with Gasteiger partial charge >= 0.3 is 12.1 Å². The predicted octanol–water partition coefficient (Wildman–Crippen LogP) is 2.35. The van der Waals surface area contributed by atoms with Crippen molar-refractivity contribution >= 4 is 5.91 Å². The van der Waals surface area contributed by atoms with E-state index in [9.17, 15) is 18.0 Å². The van der Waals surface area contributed by atoms with Crippen LogP contribution in [0.15, 0.2) is 24.3 Å². The average Bonchev–Trinajstić information content (AvgIpc) is 2.61. The zero-order valence-corrected chi connectivity index (χ0v) is 8.34. The predicted molar refractivity (Wildman–Crippen MR) is 51.7 cm³/mol. The molecule has 16 heavy (non-hydrogen) atoms. The van der Waals surface area contributed by atoms with Gasteiger partial charge in [-0.15, -0.1) is 0 Å². The van der Waals surface area contributed by atoms with Crippen molar-refractivity contribution in [2.45, 2.75) is 25.1 Å². The van der Waals surface area contributed by atoms with Crippen LogP contribution in [0.1, 0.15) is 23.6 Å². The van der Waals surface area contributed by atoms with Gasteiger partial charge in [-0.25, -0.2) is 0 Å². The van der Waals surface area contributed by atoms with E-state index in [1.807, 2.05) is 17.4 Å². The van der Waals surface area contributed by atoms with Gasteiger partial charge in [-0.1, -0.05) is 24.3 Å². The SMILES string of the molecule is O=C(N[C@@H]1CCc2ccccc21)C(F)(F)F. The Bertz CT molecular complexity index is 414. The minimum absolute atomic E-state index is 0.509. The van der Waals surface area contributed by atoms with Crippen LogP contribution in [0.2, 0.25) is 0 Å². The van der Waals surface area contributed by atoms with E-state index in [0.29, 0.717) is 12.8 Å². The fourth-order valence-electron chi connectivity index (χ4n) is 1.95. The molecule has 0 fully saturated rings. The van der Waals surface area contributed by atoms with Crippen LogP contribution in [0.3, 0.4) is 0 Å². The van der Waals surface area contributed by atoms with Gasteiger partial charge in [0.25, 0.3) is 0 Å². The van der Waals surface area contributed by atoms with Crippen molar-refractivity contribution in [1.29, 1.82) is 0 Å². The maximum atomic E-state index is 12.1. The molecule has 86 valence electrons. The lowest BCUT2D eigenvalue weighted by atomic mass is 10.1. The second kappa shape index (κ2) is 3.81. The van der Waals surface area contributed by atoms with E-state index in [4.69, 9.17) is 0 Å². The Labute approximate surface area is 90.5 Å². The minimum atomic E-state index is -4.81. The molecular formula is C11H10F3NO. The highest BCUT2D eigenvalue weighted by Gasteiger charge is 2.40. The molecule has 0 bridgehead atoms. The number of aryl methyl sites for hydroxylation is 1. The highest BCUT2D eigenvalue weighted by molar-refractivity contribution is 5.82. The van der Waals surface area contributed by atoms with Gasteiger partial charge in [0.05, 0.1) is 6.04 Å². The van der Waals surface area contributed by atoms with E-state index in [2.05, 4.69) is 0 Å². The van der Waals surface area contributed by atoms with Gasteiger partial charge in [0.1, 0.15) is 0 Å². The van der Waals surface area contributed by atoms with Crippen LogP contribution in [0.25, 0.3) is 0 Å². The standard InChI is InChI=1S/C11H10F3NO/c12-11(13,14)10(16)15-9-6-5-7-3-1-2-4-8(7)9/h1-4,9H,5-6H2,(H,15,16)/t9-/m1/s1. The molecule has 5 heteroatoms. The van der Waals surface area contributed by atoms with Crippen LogP contribution in [0.5, 0.6) is 0 Å². The van der Waals surface area contributed by atoms with E-state index in [1.54, 1.807) is 12.1 Å². The van der Waals surface area contributed by atoms with Gasteiger partial charge in [-0.05, 0) is 24.0 Å². The fraction of sp³-hybridized carbons (Fsp3) is 0.364. The summed E-state index contributed by atoms with van der Waals surface area (Å²) in [5, 5.41) is 2.01. The summed E-state index contributed by atoms with van der Waals surface area (Å²) in [5.74, 6) is -1.87. The van der Waals surface area contributed by atoms with Gasteiger partial charge in [-0.2, -0.15) is 13.2 Å². The molecular weight excluding hydrogens is 219 g/mol. The number of hydrogen-bond donors (Lipinski definition) is 1. The van der Waals surface area contributed by atoms with E-state index >= 15 is 0 Å². The topological polar surface area (TPSA) is 29.1 Å². The van der Waals surface area contributed by atoms with Crippen LogP contribution < -0.4 is 5.32 Å². The molecule has 2 nitrogen and oxygen atoms in total. The van der Waals surface area contributed by atoms with Gasteiger partial charge in [-0.3, -0.25) is 4.79 Å². The van der Waals surface area contributed by atoms with E-state index in [-0.39, 0.29) is 0 Å². The monoisotopic (exact) mass is 229 g/mol. The summed E-state index contributed by atoms with van der Waals surface area (Å²) in [5.41, 5.74) is 1.80. The number of nitrogens with one attached hydrogen (secondary N) is 1. The summed E-state index contributed by atoms with van der Waals surface area (Å²) in [6.07, 6.45) is -3.57. The zero-order chi connectivity index (χ0) is 11.8. The summed E-state index contributed by atoms with van der Waals surface area (Å²) < 4.78 is 36.2. The van der Waals surface area contributed by atoms with E-state index in [0.717, 1.165) is 11.1 Å². The Hall–Kier alpha value is -1.52. The molecule has 0 unspecified atom stereocenters. The number of benzene rings is 1. The minimum Gasteiger partial charge on any atom is -0.341 e. The zero-order valence-electron chi connectivity index (χ0n) is 8.34. The fourth-order valence-corrected chi connectivity index (χ4v) is 1.95. The molecule has 2 rings (SSSR count). The maximum absolute atomic E-state index is 12.1. The smallest absolute Gasteiger partial charge is 0.341 e. The third kappa shape index (κ3) is 2.03. The summed E-state index contributed by atoms with van der Waals surface area (Å²) in [6, 6.07) is 6.72. The molecule has 0 spiro atoms. The Balaban J connectivity index is 2.12. The quantitative estimate of drug-likeness (QED) is 0.786. The molecule has 1 aliphatic carbocycles. The van der Waals surface area contributed by atoms with Crippen LogP contribution >= 0.6 is 0 Å². The second-order valence-corrected chi connectivity index (χ2v) is 3.76. The van der Waals surface area contributed by atoms with Crippen molar-refractivity contribution in [1.82, 2.24) is 5.32 Å². The molecule has 0 heterocycles. The lowest BCUT2D eigenvalue weighted by molar-refractivity contribution is -0.174. The molecule has 0 aliphatic heterocycles. The van der Waals surface area contributed by atoms with Crippen LogP contribution in [-0.2, 0) is 11.2 Å². The number of carbonyl (C=O) groups excluding carboxylic acids is 1. The lowest BCUT2D eigenvalue weighted by Gasteiger charge is -2.15. The number of fused-ring (bicyclic) bond motifs is 1. The Kier molecular flexibility index (Phi) is 2.61. The molecule has 1 amide bonds. The number of amides is 1. The van der Waals surface area contributed by atoms with Crippen molar-refractivity contribution in [2.24, 2.45) is 0 Å². The van der Waals surface area contributed by atoms with Gasteiger partial charge in [0.2, 0.25) is 0 Å². The van der Waals surface area contributed by atoms with Gasteiger partial charge < -0.3 is 5.32 Å².